The van der Waals surface area contributed by atoms with Crippen LogP contribution in [0.15, 0.2) is 22.7 Å². The Hall–Kier alpha value is -0.720. The van der Waals surface area contributed by atoms with Crippen molar-refractivity contribution in [3.05, 3.63) is 33.3 Å². The molecule has 1 N–H and O–H groups in total. The summed E-state index contributed by atoms with van der Waals surface area (Å²) in [5.74, 6) is -0.452. The van der Waals surface area contributed by atoms with Crippen molar-refractivity contribution in [2.75, 3.05) is 11.6 Å². The topological polar surface area (TPSA) is 57.6 Å². The fourth-order valence-electron chi connectivity index (χ4n) is 1.67. The van der Waals surface area contributed by atoms with Gasteiger partial charge >= 0.3 is 5.97 Å². The van der Waals surface area contributed by atoms with Crippen LogP contribution < -0.4 is 0 Å². The van der Waals surface area contributed by atoms with Crippen molar-refractivity contribution in [1.29, 1.82) is 0 Å². The number of carbonyl (C=O) groups excluding carboxylic acids is 1. The molecule has 96 valence electrons. The molecule has 1 amide bonds. The highest BCUT2D eigenvalue weighted by Crippen LogP contribution is 2.27. The summed E-state index contributed by atoms with van der Waals surface area (Å²) in [7, 11) is 0. The smallest absolute Gasteiger partial charge is 0.327 e. The van der Waals surface area contributed by atoms with Gasteiger partial charge in [0.1, 0.15) is 6.04 Å². The monoisotopic (exact) mass is 349 g/mol. The van der Waals surface area contributed by atoms with Gasteiger partial charge in [-0.2, -0.15) is 0 Å². The summed E-state index contributed by atoms with van der Waals surface area (Å²) < 4.78 is 0.570. The third kappa shape index (κ3) is 2.65. The molecule has 0 radical (unpaired) electrons. The number of benzene rings is 1. The summed E-state index contributed by atoms with van der Waals surface area (Å²) in [5.41, 5.74) is 0.424. The summed E-state index contributed by atoms with van der Waals surface area (Å²) >= 11 is 10.5. The van der Waals surface area contributed by atoms with Crippen LogP contribution in [0, 0.1) is 0 Å². The minimum atomic E-state index is -0.974. The zero-order chi connectivity index (χ0) is 13.3. The average molecular weight is 351 g/mol. The minimum Gasteiger partial charge on any atom is -0.480 e. The summed E-state index contributed by atoms with van der Waals surface area (Å²) in [4.78, 5) is 24.7. The van der Waals surface area contributed by atoms with Gasteiger partial charge in [0.25, 0.3) is 5.91 Å². The van der Waals surface area contributed by atoms with Crippen LogP contribution in [-0.2, 0) is 4.79 Å². The second-order valence-electron chi connectivity index (χ2n) is 3.75. The predicted molar refractivity (Wildman–Crippen MR) is 74.1 cm³/mol. The zero-order valence-electron chi connectivity index (χ0n) is 9.10. The van der Waals surface area contributed by atoms with Crippen LogP contribution in [-0.4, -0.2) is 39.6 Å². The molecule has 1 aliphatic rings. The van der Waals surface area contributed by atoms with E-state index in [1.807, 2.05) is 0 Å². The molecule has 7 heteroatoms. The maximum absolute atomic E-state index is 12.3. The number of hydrogen-bond donors (Lipinski definition) is 1. The molecule has 1 fully saturated rings. The first-order valence-electron chi connectivity index (χ1n) is 5.07. The SMILES string of the molecule is O=C(O)[C@@H]1CSCN1C(=O)c1ccc(Cl)cc1Br. The second-order valence-corrected chi connectivity index (χ2v) is 6.04. The fraction of sp³-hybridized carbons (Fsp3) is 0.273. The van der Waals surface area contributed by atoms with E-state index in [1.54, 1.807) is 18.2 Å². The molecule has 0 saturated carbocycles. The molecule has 4 nitrogen and oxygen atoms in total. The van der Waals surface area contributed by atoms with Gasteiger partial charge in [0, 0.05) is 15.2 Å². The van der Waals surface area contributed by atoms with Crippen LogP contribution in [0.2, 0.25) is 5.02 Å². The van der Waals surface area contributed by atoms with E-state index in [-0.39, 0.29) is 5.91 Å². The van der Waals surface area contributed by atoms with E-state index >= 15 is 0 Å². The molecule has 1 saturated heterocycles. The van der Waals surface area contributed by atoms with Crippen molar-refractivity contribution in [2.24, 2.45) is 0 Å². The molecule has 1 heterocycles. The van der Waals surface area contributed by atoms with Crippen molar-refractivity contribution in [1.82, 2.24) is 4.90 Å². The van der Waals surface area contributed by atoms with Crippen molar-refractivity contribution in [2.45, 2.75) is 6.04 Å². The molecule has 1 aromatic rings. The highest BCUT2D eigenvalue weighted by molar-refractivity contribution is 9.10. The van der Waals surface area contributed by atoms with Crippen LogP contribution in [0.25, 0.3) is 0 Å². The number of carboxylic acids is 1. The number of carboxylic acid groups (broad SMARTS) is 1. The molecule has 0 unspecified atom stereocenters. The van der Waals surface area contributed by atoms with Crippen LogP contribution in [0.5, 0.6) is 0 Å². The molecular formula is C11H9BrClNO3S. The van der Waals surface area contributed by atoms with Gasteiger partial charge < -0.3 is 10.0 Å². The Bertz CT molecular complexity index is 511. The molecule has 0 aromatic heterocycles. The molecule has 0 bridgehead atoms. The lowest BCUT2D eigenvalue weighted by atomic mass is 10.2. The van der Waals surface area contributed by atoms with Crippen LogP contribution >= 0.6 is 39.3 Å². The van der Waals surface area contributed by atoms with Gasteiger partial charge in [-0.15, -0.1) is 11.8 Å². The molecule has 0 aliphatic carbocycles. The van der Waals surface area contributed by atoms with Crippen LogP contribution in [0.3, 0.4) is 0 Å². The number of amides is 1. The summed E-state index contributed by atoms with van der Waals surface area (Å²) in [5, 5.41) is 9.57. The number of thioether (sulfide) groups is 1. The number of carbonyl (C=O) groups is 2. The number of rotatable bonds is 2. The lowest BCUT2D eigenvalue weighted by Crippen LogP contribution is -2.41. The third-order valence-corrected chi connectivity index (χ3v) is 4.49. The quantitative estimate of drug-likeness (QED) is 0.891. The van der Waals surface area contributed by atoms with Gasteiger partial charge in [0.2, 0.25) is 0 Å². The van der Waals surface area contributed by atoms with Crippen molar-refractivity contribution in [3.8, 4) is 0 Å². The Balaban J connectivity index is 2.28. The Morgan fingerprint density at radius 1 is 1.50 bits per heavy atom. The maximum atomic E-state index is 12.3. The molecule has 1 aromatic carbocycles. The number of nitrogens with zero attached hydrogens (tertiary/aromatic N) is 1. The van der Waals surface area contributed by atoms with Crippen molar-refractivity contribution in [3.63, 3.8) is 0 Å². The second kappa shape index (κ2) is 5.50. The molecule has 2 rings (SSSR count). The summed E-state index contributed by atoms with van der Waals surface area (Å²) in [6.07, 6.45) is 0. The van der Waals surface area contributed by atoms with Gasteiger partial charge in [-0.1, -0.05) is 11.6 Å². The Labute approximate surface area is 121 Å². The molecule has 1 atom stereocenters. The summed E-state index contributed by atoms with van der Waals surface area (Å²) in [6.45, 7) is 0. The van der Waals surface area contributed by atoms with E-state index in [9.17, 15) is 9.59 Å². The van der Waals surface area contributed by atoms with Gasteiger partial charge in [0.05, 0.1) is 11.4 Å². The van der Waals surface area contributed by atoms with Gasteiger partial charge in [0.15, 0.2) is 0 Å². The fourth-order valence-corrected chi connectivity index (χ4v) is 3.66. The maximum Gasteiger partial charge on any atom is 0.327 e. The number of halogens is 2. The highest BCUT2D eigenvalue weighted by Gasteiger charge is 2.35. The molecule has 1 aliphatic heterocycles. The first kappa shape index (κ1) is 13.7. The standard InChI is InChI=1S/C11H9BrClNO3S/c12-8-3-6(13)1-2-7(8)10(15)14-5-18-4-9(14)11(16)17/h1-3,9H,4-5H2,(H,16,17)/t9-/m0/s1. The van der Waals surface area contributed by atoms with Gasteiger partial charge in [-0.3, -0.25) is 4.79 Å². The Morgan fingerprint density at radius 2 is 2.22 bits per heavy atom. The van der Waals surface area contributed by atoms with E-state index in [0.717, 1.165) is 0 Å². The minimum absolute atomic E-state index is 0.295. The van der Waals surface area contributed by atoms with Gasteiger partial charge in [-0.05, 0) is 34.1 Å². The lowest BCUT2D eigenvalue weighted by molar-refractivity contribution is -0.140. The Morgan fingerprint density at radius 3 is 2.83 bits per heavy atom. The molecule has 18 heavy (non-hydrogen) atoms. The van der Waals surface area contributed by atoms with Crippen molar-refractivity contribution < 1.29 is 14.7 Å². The predicted octanol–water partition coefficient (Wildman–Crippen LogP) is 2.70. The molecule has 0 spiro atoms. The van der Waals surface area contributed by atoms with E-state index in [0.29, 0.717) is 26.7 Å². The first-order valence-corrected chi connectivity index (χ1v) is 7.40. The van der Waals surface area contributed by atoms with Gasteiger partial charge in [-0.25, -0.2) is 4.79 Å². The highest BCUT2D eigenvalue weighted by atomic mass is 79.9. The first-order chi connectivity index (χ1) is 8.50. The average Bonchev–Trinajstić information content (AvgIpc) is 2.77. The largest absolute Gasteiger partial charge is 0.480 e. The van der Waals surface area contributed by atoms with Crippen molar-refractivity contribution >= 4 is 51.2 Å². The number of hydrogen-bond acceptors (Lipinski definition) is 3. The van der Waals surface area contributed by atoms with Crippen LogP contribution in [0.1, 0.15) is 10.4 Å². The van der Waals surface area contributed by atoms with E-state index in [1.165, 1.54) is 16.7 Å². The van der Waals surface area contributed by atoms with E-state index in [2.05, 4.69) is 15.9 Å². The summed E-state index contributed by atoms with van der Waals surface area (Å²) in [6, 6.07) is 4.06. The van der Waals surface area contributed by atoms with E-state index in [4.69, 9.17) is 16.7 Å². The molecular weight excluding hydrogens is 342 g/mol. The number of aliphatic carboxylic acids is 1. The lowest BCUT2D eigenvalue weighted by Gasteiger charge is -2.21. The zero-order valence-corrected chi connectivity index (χ0v) is 12.3. The van der Waals surface area contributed by atoms with E-state index < -0.39 is 12.0 Å². The normalized spacial score (nSPS) is 19.0. The third-order valence-electron chi connectivity index (χ3n) is 2.59. The van der Waals surface area contributed by atoms with Crippen LogP contribution in [0.4, 0.5) is 0 Å². The Kier molecular flexibility index (Phi) is 4.19.